The van der Waals surface area contributed by atoms with Gasteiger partial charge in [0.15, 0.2) is 17.0 Å². The number of allylic oxidation sites excluding steroid dienone is 2. The maximum Gasteiger partial charge on any atom is 0.280 e. The Balaban J connectivity index is 1.20. The zero-order valence-electron chi connectivity index (χ0n) is 17.2. The predicted octanol–water partition coefficient (Wildman–Crippen LogP) is 2.53. The third kappa shape index (κ3) is 2.98. The molecular weight excluding hydrogens is 432 g/mol. The van der Waals surface area contributed by atoms with E-state index in [1.54, 1.807) is 11.6 Å². The molecule has 1 saturated carbocycles. The normalized spacial score (nSPS) is 21.2. The second-order valence-electron chi connectivity index (χ2n) is 8.34. The third-order valence-corrected chi connectivity index (χ3v) is 6.39. The summed E-state index contributed by atoms with van der Waals surface area (Å²) in [5.74, 6) is -0.431. The smallest absolute Gasteiger partial charge is 0.280 e. The molecule has 33 heavy (non-hydrogen) atoms. The number of imidazole rings is 1. The van der Waals surface area contributed by atoms with Gasteiger partial charge in [0.2, 0.25) is 5.89 Å². The zero-order chi connectivity index (χ0) is 22.9. The van der Waals surface area contributed by atoms with Gasteiger partial charge in [0.05, 0.1) is 6.33 Å². The second kappa shape index (κ2) is 6.90. The van der Waals surface area contributed by atoms with Gasteiger partial charge in [-0.3, -0.25) is 9.36 Å². The van der Waals surface area contributed by atoms with Crippen molar-refractivity contribution in [2.75, 3.05) is 0 Å². The highest BCUT2D eigenvalue weighted by Gasteiger charge is 2.55. The van der Waals surface area contributed by atoms with Gasteiger partial charge < -0.3 is 9.09 Å². The maximum atomic E-state index is 14.0. The maximum absolute atomic E-state index is 14.0. The standard InChI is InChI=1S/C22H15F2N7O2/c1-30-8-26-21-19(30)22(32)31(9-27-21)7-17-28-20(29-33-17)18-12-2-10(3-13(12)18)11-4-15(23)14(6-25)16(24)5-11/h2,4-5,8-9,12-13,18H,3,7H2,1H3. The fraction of sp³-hybridized carbons (Fsp3) is 0.273. The van der Waals surface area contributed by atoms with Crippen LogP contribution in [-0.2, 0) is 13.6 Å². The molecule has 6 rings (SSSR count). The number of nitriles is 1. The van der Waals surface area contributed by atoms with Crippen molar-refractivity contribution < 1.29 is 13.3 Å². The summed E-state index contributed by atoms with van der Waals surface area (Å²) in [5.41, 5.74) is 1.23. The summed E-state index contributed by atoms with van der Waals surface area (Å²) in [6.07, 6.45) is 5.54. The van der Waals surface area contributed by atoms with Crippen LogP contribution in [0.25, 0.3) is 16.7 Å². The lowest BCUT2D eigenvalue weighted by atomic mass is 9.99. The number of hydrogen-bond donors (Lipinski definition) is 0. The van der Waals surface area contributed by atoms with Crippen LogP contribution < -0.4 is 5.56 Å². The van der Waals surface area contributed by atoms with E-state index in [0.29, 0.717) is 34.9 Å². The molecular formula is C22H15F2N7O2. The van der Waals surface area contributed by atoms with E-state index in [-0.39, 0.29) is 29.9 Å². The van der Waals surface area contributed by atoms with E-state index in [9.17, 15) is 13.6 Å². The molecule has 2 aliphatic rings. The first-order valence-electron chi connectivity index (χ1n) is 10.2. The summed E-state index contributed by atoms with van der Waals surface area (Å²) in [5, 5.41) is 12.9. The van der Waals surface area contributed by atoms with E-state index in [1.165, 1.54) is 35.4 Å². The first-order chi connectivity index (χ1) is 15.9. The number of aryl methyl sites for hydroxylation is 1. The van der Waals surface area contributed by atoms with Crippen LogP contribution >= 0.6 is 0 Å². The first-order valence-corrected chi connectivity index (χ1v) is 10.2. The highest BCUT2D eigenvalue weighted by molar-refractivity contribution is 5.71. The molecule has 1 fully saturated rings. The molecule has 3 atom stereocenters. The summed E-state index contributed by atoms with van der Waals surface area (Å²) in [6.45, 7) is 0.0902. The number of rotatable bonds is 4. The van der Waals surface area contributed by atoms with E-state index >= 15 is 0 Å². The molecule has 1 aromatic carbocycles. The lowest BCUT2D eigenvalue weighted by molar-refractivity contribution is 0.364. The Morgan fingerprint density at radius 3 is 2.70 bits per heavy atom. The second-order valence-corrected chi connectivity index (χ2v) is 8.34. The Kier molecular flexibility index (Phi) is 4.07. The molecule has 3 unspecified atom stereocenters. The Morgan fingerprint density at radius 2 is 2.00 bits per heavy atom. The Labute approximate surface area is 184 Å². The van der Waals surface area contributed by atoms with E-state index < -0.39 is 17.2 Å². The Morgan fingerprint density at radius 1 is 1.24 bits per heavy atom. The average molecular weight is 447 g/mol. The van der Waals surface area contributed by atoms with Gasteiger partial charge in [-0.25, -0.2) is 18.7 Å². The van der Waals surface area contributed by atoms with Crippen LogP contribution in [0.4, 0.5) is 8.78 Å². The van der Waals surface area contributed by atoms with Gasteiger partial charge in [0.25, 0.3) is 5.56 Å². The minimum absolute atomic E-state index is 0.0636. The van der Waals surface area contributed by atoms with Crippen molar-refractivity contribution in [3.63, 3.8) is 0 Å². The van der Waals surface area contributed by atoms with Crippen molar-refractivity contribution in [1.82, 2.24) is 29.2 Å². The summed E-state index contributed by atoms with van der Waals surface area (Å²) >= 11 is 0. The van der Waals surface area contributed by atoms with Crippen LogP contribution in [0.3, 0.4) is 0 Å². The van der Waals surface area contributed by atoms with Crippen molar-refractivity contribution in [1.29, 1.82) is 5.26 Å². The molecule has 0 bridgehead atoms. The molecule has 0 spiro atoms. The molecule has 164 valence electrons. The van der Waals surface area contributed by atoms with Crippen LogP contribution in [-0.4, -0.2) is 29.2 Å². The SMILES string of the molecule is Cn1cnc2ncn(Cc3nc(C4C5C=C(c6cc(F)c(C#N)c(F)c6)CC54)no3)c(=O)c21. The number of benzene rings is 1. The fourth-order valence-electron chi connectivity index (χ4n) is 4.69. The molecule has 9 nitrogen and oxygen atoms in total. The molecule has 0 aliphatic heterocycles. The molecule has 0 radical (unpaired) electrons. The van der Waals surface area contributed by atoms with Crippen LogP contribution in [0.15, 0.2) is 40.2 Å². The van der Waals surface area contributed by atoms with E-state index in [4.69, 9.17) is 9.78 Å². The van der Waals surface area contributed by atoms with Crippen molar-refractivity contribution in [2.45, 2.75) is 18.9 Å². The summed E-state index contributed by atoms with van der Waals surface area (Å²) in [4.78, 5) is 25.4. The quantitative estimate of drug-likeness (QED) is 0.472. The lowest BCUT2D eigenvalue weighted by Crippen LogP contribution is -2.22. The van der Waals surface area contributed by atoms with Crippen molar-refractivity contribution in [3.05, 3.63) is 75.7 Å². The molecule has 3 aromatic heterocycles. The number of fused-ring (bicyclic) bond motifs is 2. The van der Waals surface area contributed by atoms with Gasteiger partial charge in [0.1, 0.15) is 36.1 Å². The van der Waals surface area contributed by atoms with Crippen molar-refractivity contribution in [3.8, 4) is 6.07 Å². The van der Waals surface area contributed by atoms with Gasteiger partial charge in [-0.1, -0.05) is 11.2 Å². The van der Waals surface area contributed by atoms with E-state index in [0.717, 1.165) is 5.57 Å². The Bertz CT molecular complexity index is 1550. The van der Waals surface area contributed by atoms with Crippen LogP contribution in [0, 0.1) is 34.8 Å². The van der Waals surface area contributed by atoms with Gasteiger partial charge in [-0.15, -0.1) is 0 Å². The predicted molar refractivity (Wildman–Crippen MR) is 110 cm³/mol. The monoisotopic (exact) mass is 447 g/mol. The molecule has 0 amide bonds. The number of hydrogen-bond acceptors (Lipinski definition) is 7. The van der Waals surface area contributed by atoms with Gasteiger partial charge in [-0.05, 0) is 41.5 Å². The van der Waals surface area contributed by atoms with Crippen molar-refractivity contribution in [2.24, 2.45) is 18.9 Å². The zero-order valence-corrected chi connectivity index (χ0v) is 17.2. The highest BCUT2D eigenvalue weighted by atomic mass is 19.1. The number of aromatic nitrogens is 6. The highest BCUT2D eigenvalue weighted by Crippen LogP contribution is 2.62. The Hall–Kier alpha value is -4.20. The lowest BCUT2D eigenvalue weighted by Gasteiger charge is -2.07. The fourth-order valence-corrected chi connectivity index (χ4v) is 4.69. The molecule has 0 N–H and O–H groups in total. The largest absolute Gasteiger partial charge is 0.337 e. The minimum atomic E-state index is -0.859. The van der Waals surface area contributed by atoms with Crippen LogP contribution in [0.2, 0.25) is 0 Å². The molecule has 2 aliphatic carbocycles. The molecule has 11 heteroatoms. The van der Waals surface area contributed by atoms with Crippen molar-refractivity contribution >= 4 is 16.7 Å². The average Bonchev–Trinajstić information content (AvgIpc) is 3.20. The van der Waals surface area contributed by atoms with Gasteiger partial charge in [-0.2, -0.15) is 10.2 Å². The van der Waals surface area contributed by atoms with Gasteiger partial charge >= 0.3 is 0 Å². The molecule has 0 saturated heterocycles. The molecule has 4 aromatic rings. The topological polar surface area (TPSA) is 115 Å². The van der Waals surface area contributed by atoms with Crippen LogP contribution in [0.1, 0.15) is 35.2 Å². The number of halogens is 2. The summed E-state index contributed by atoms with van der Waals surface area (Å²) in [6, 6.07) is 3.93. The van der Waals surface area contributed by atoms with E-state index in [2.05, 4.69) is 20.1 Å². The number of nitrogens with zero attached hydrogens (tertiary/aromatic N) is 7. The molecule has 3 heterocycles. The minimum Gasteiger partial charge on any atom is -0.337 e. The summed E-state index contributed by atoms with van der Waals surface area (Å²) < 4.78 is 36.3. The third-order valence-electron chi connectivity index (χ3n) is 6.39. The first kappa shape index (κ1) is 19.5. The summed E-state index contributed by atoms with van der Waals surface area (Å²) in [7, 11) is 1.72. The van der Waals surface area contributed by atoms with Gasteiger partial charge in [0, 0.05) is 13.0 Å². The van der Waals surface area contributed by atoms with Crippen LogP contribution in [0.5, 0.6) is 0 Å². The van der Waals surface area contributed by atoms with E-state index in [1.807, 2.05) is 6.08 Å².